The summed E-state index contributed by atoms with van der Waals surface area (Å²) in [6.07, 6.45) is 5.61. The Hall–Kier alpha value is -4.04. The number of pyridine rings is 1. The number of carbonyl (C=O) groups excluding carboxylic acids is 1. The van der Waals surface area contributed by atoms with Crippen LogP contribution in [0, 0.1) is 13.8 Å². The molecule has 4 N–H and O–H groups in total. The zero-order valence-electron chi connectivity index (χ0n) is 21.1. The summed E-state index contributed by atoms with van der Waals surface area (Å²) in [4.78, 5) is 18.1. The maximum atomic E-state index is 13.1. The number of benzene rings is 2. The minimum Gasteiger partial charge on any atom is -0.454 e. The van der Waals surface area contributed by atoms with Crippen molar-refractivity contribution in [1.29, 1.82) is 0 Å². The Kier molecular flexibility index (Phi) is 5.96. The van der Waals surface area contributed by atoms with Gasteiger partial charge in [0.2, 0.25) is 6.79 Å². The number of aryl methyl sites for hydroxylation is 2. The number of carbonyl (C=O) groups is 1. The van der Waals surface area contributed by atoms with E-state index in [0.717, 1.165) is 65.3 Å². The zero-order valence-corrected chi connectivity index (χ0v) is 21.1. The molecule has 2 aromatic heterocycles. The summed E-state index contributed by atoms with van der Waals surface area (Å²) in [5.74, 6) is 2.15. The Bertz CT molecular complexity index is 1470. The Morgan fingerprint density at radius 1 is 1.00 bits per heavy atom. The number of nitrogens with two attached hydrogens (primary N) is 1. The molecule has 3 heterocycles. The Morgan fingerprint density at radius 3 is 2.54 bits per heavy atom. The van der Waals surface area contributed by atoms with Crippen molar-refractivity contribution < 1.29 is 14.3 Å². The number of nitrogens with one attached hydrogen (secondary N) is 2. The Balaban J connectivity index is 1.39. The molecule has 6 rings (SSSR count). The van der Waals surface area contributed by atoms with Crippen molar-refractivity contribution >= 4 is 23.1 Å². The molecule has 8 nitrogen and oxygen atoms in total. The van der Waals surface area contributed by atoms with Gasteiger partial charge in [0.05, 0.1) is 0 Å². The first-order valence-electron chi connectivity index (χ1n) is 12.8. The molecular weight excluding hydrogens is 466 g/mol. The maximum Gasteiger partial charge on any atom is 0.251 e. The first-order chi connectivity index (χ1) is 18.0. The van der Waals surface area contributed by atoms with Crippen LogP contribution in [0.3, 0.4) is 0 Å². The SMILES string of the molecule is Cc1cccc(C)c1Nc1c(-c2ccc3c(c2)OCO3)nc2cc(C(=O)NC3CCC(N)CC3)ccn12. The number of para-hydroxylation sites is 1. The minimum absolute atomic E-state index is 0.0835. The molecule has 0 saturated heterocycles. The lowest BCUT2D eigenvalue weighted by Gasteiger charge is -2.26. The van der Waals surface area contributed by atoms with Crippen LogP contribution < -0.4 is 25.8 Å². The van der Waals surface area contributed by atoms with Crippen LogP contribution in [0.2, 0.25) is 0 Å². The highest BCUT2D eigenvalue weighted by Gasteiger charge is 2.23. The number of hydrogen-bond donors (Lipinski definition) is 3. The van der Waals surface area contributed by atoms with Crippen molar-refractivity contribution in [2.75, 3.05) is 12.1 Å². The molecule has 1 saturated carbocycles. The standard InChI is InChI=1S/C29H31N5O3/c1-17-4-3-5-18(2)26(17)33-28-27(19-6-11-23-24(14-19)37-16-36-23)32-25-15-20(12-13-34(25)28)29(35)31-22-9-7-21(30)8-10-22/h3-6,11-15,21-22,33H,7-10,16,30H2,1-2H3,(H,31,35). The number of anilines is 2. The van der Waals surface area contributed by atoms with Gasteiger partial charge in [-0.2, -0.15) is 0 Å². The lowest BCUT2D eigenvalue weighted by Crippen LogP contribution is -2.40. The second kappa shape index (κ2) is 9.44. The van der Waals surface area contributed by atoms with Gasteiger partial charge in [-0.1, -0.05) is 18.2 Å². The number of fused-ring (bicyclic) bond motifs is 2. The molecule has 0 unspecified atom stereocenters. The van der Waals surface area contributed by atoms with Crippen LogP contribution >= 0.6 is 0 Å². The summed E-state index contributed by atoms with van der Waals surface area (Å²) in [7, 11) is 0. The molecule has 1 aliphatic heterocycles. The fraction of sp³-hybridized carbons (Fsp3) is 0.310. The first-order valence-corrected chi connectivity index (χ1v) is 12.8. The Labute approximate surface area is 215 Å². The van der Waals surface area contributed by atoms with Gasteiger partial charge in [0.15, 0.2) is 11.5 Å². The van der Waals surface area contributed by atoms with Crippen LogP contribution in [0.5, 0.6) is 11.5 Å². The third kappa shape index (κ3) is 4.49. The summed E-state index contributed by atoms with van der Waals surface area (Å²) < 4.78 is 13.1. The van der Waals surface area contributed by atoms with E-state index in [1.165, 1.54) is 0 Å². The number of imidazole rings is 1. The summed E-state index contributed by atoms with van der Waals surface area (Å²) in [6.45, 7) is 4.38. The van der Waals surface area contributed by atoms with Gasteiger partial charge < -0.3 is 25.8 Å². The van der Waals surface area contributed by atoms with Gasteiger partial charge in [-0.25, -0.2) is 4.98 Å². The molecule has 0 radical (unpaired) electrons. The fourth-order valence-corrected chi connectivity index (χ4v) is 5.21. The van der Waals surface area contributed by atoms with Crippen LogP contribution in [0.25, 0.3) is 16.9 Å². The van der Waals surface area contributed by atoms with Crippen LogP contribution in [-0.4, -0.2) is 34.2 Å². The topological polar surface area (TPSA) is 103 Å². The van der Waals surface area contributed by atoms with Gasteiger partial charge >= 0.3 is 0 Å². The van der Waals surface area contributed by atoms with Gasteiger partial charge in [-0.15, -0.1) is 0 Å². The summed E-state index contributed by atoms with van der Waals surface area (Å²) in [5, 5.41) is 6.81. The number of hydrogen-bond acceptors (Lipinski definition) is 6. The normalized spacial score (nSPS) is 18.7. The van der Waals surface area contributed by atoms with E-state index in [1.807, 2.05) is 47.0 Å². The van der Waals surface area contributed by atoms with Gasteiger partial charge in [0.1, 0.15) is 17.2 Å². The summed E-state index contributed by atoms with van der Waals surface area (Å²) in [6, 6.07) is 16.1. The molecule has 2 aliphatic rings. The molecule has 0 bridgehead atoms. The number of amides is 1. The van der Waals surface area contributed by atoms with Gasteiger partial charge in [0.25, 0.3) is 5.91 Å². The average molecular weight is 498 g/mol. The highest BCUT2D eigenvalue weighted by molar-refractivity contribution is 5.95. The van der Waals surface area contributed by atoms with E-state index in [9.17, 15) is 4.79 Å². The van der Waals surface area contributed by atoms with Crippen LogP contribution in [0.1, 0.15) is 47.2 Å². The van der Waals surface area contributed by atoms with Crippen molar-refractivity contribution in [2.24, 2.45) is 5.73 Å². The second-order valence-electron chi connectivity index (χ2n) is 10.00. The maximum absolute atomic E-state index is 13.1. The number of ether oxygens (including phenoxy) is 2. The number of aromatic nitrogens is 2. The van der Waals surface area contributed by atoms with E-state index >= 15 is 0 Å². The van der Waals surface area contributed by atoms with E-state index in [2.05, 4.69) is 36.6 Å². The average Bonchev–Trinajstić information content (AvgIpc) is 3.51. The lowest BCUT2D eigenvalue weighted by atomic mass is 9.91. The fourth-order valence-electron chi connectivity index (χ4n) is 5.21. The van der Waals surface area contributed by atoms with Gasteiger partial charge in [0, 0.05) is 35.1 Å². The number of nitrogens with zero attached hydrogens (tertiary/aromatic N) is 2. The van der Waals surface area contributed by atoms with Crippen LogP contribution in [0.4, 0.5) is 11.5 Å². The first kappa shape index (κ1) is 23.4. The molecule has 0 atom stereocenters. The molecule has 0 spiro atoms. The van der Waals surface area contributed by atoms with Crippen molar-refractivity contribution in [3.05, 3.63) is 71.4 Å². The molecule has 2 aromatic carbocycles. The van der Waals surface area contributed by atoms with Crippen LogP contribution in [0.15, 0.2) is 54.7 Å². The molecule has 37 heavy (non-hydrogen) atoms. The van der Waals surface area contributed by atoms with Gasteiger partial charge in [-0.05, 0) is 81.0 Å². The quantitative estimate of drug-likeness (QED) is 0.355. The van der Waals surface area contributed by atoms with E-state index in [-0.39, 0.29) is 24.8 Å². The predicted molar refractivity (Wildman–Crippen MR) is 144 cm³/mol. The van der Waals surface area contributed by atoms with Gasteiger partial charge in [-0.3, -0.25) is 9.20 Å². The molecule has 1 fully saturated rings. The van der Waals surface area contributed by atoms with Crippen molar-refractivity contribution in [3.8, 4) is 22.8 Å². The molecule has 190 valence electrons. The highest BCUT2D eigenvalue weighted by atomic mass is 16.7. The number of rotatable bonds is 5. The smallest absolute Gasteiger partial charge is 0.251 e. The van der Waals surface area contributed by atoms with Crippen molar-refractivity contribution in [1.82, 2.24) is 14.7 Å². The minimum atomic E-state index is -0.0835. The third-order valence-corrected chi connectivity index (χ3v) is 7.37. The van der Waals surface area contributed by atoms with E-state index in [0.29, 0.717) is 17.0 Å². The summed E-state index contributed by atoms with van der Waals surface area (Å²) in [5.41, 5.74) is 12.2. The molecule has 1 aliphatic carbocycles. The molecular formula is C29H31N5O3. The molecule has 1 amide bonds. The third-order valence-electron chi connectivity index (χ3n) is 7.37. The van der Waals surface area contributed by atoms with Crippen molar-refractivity contribution in [3.63, 3.8) is 0 Å². The lowest BCUT2D eigenvalue weighted by molar-refractivity contribution is 0.0926. The molecule has 4 aromatic rings. The largest absolute Gasteiger partial charge is 0.454 e. The Morgan fingerprint density at radius 2 is 1.76 bits per heavy atom. The highest BCUT2D eigenvalue weighted by Crippen LogP contribution is 2.39. The monoisotopic (exact) mass is 497 g/mol. The van der Waals surface area contributed by atoms with Crippen molar-refractivity contribution in [2.45, 2.75) is 51.6 Å². The van der Waals surface area contributed by atoms with E-state index < -0.39 is 0 Å². The van der Waals surface area contributed by atoms with E-state index in [1.54, 1.807) is 0 Å². The van der Waals surface area contributed by atoms with Crippen LogP contribution in [-0.2, 0) is 0 Å². The second-order valence-corrected chi connectivity index (χ2v) is 10.00. The predicted octanol–water partition coefficient (Wildman–Crippen LogP) is 5.09. The summed E-state index contributed by atoms with van der Waals surface area (Å²) >= 11 is 0. The van der Waals surface area contributed by atoms with E-state index in [4.69, 9.17) is 20.2 Å². The molecule has 8 heteroatoms. The zero-order chi connectivity index (χ0) is 25.5.